The standard InChI is InChI=1S/C38H43F2N7O5/c1-43-24-32(29-4-10-41-21-31(29)37(43)50)30-20-33(39)26(19-34(30)40)22-45-14-7-28(8-15-45)52-27-5-12-44(13-6-27)17-18-46-11-2-3-25(36(46)49)23-47-16-9-35(48)42-38(47)51/h2-4,10-11,19-21,24,27-28H,5-9,12-18,22-23H2,1H3,(H,42,48,51). The molecule has 274 valence electrons. The van der Waals surface area contributed by atoms with Gasteiger partial charge in [0.05, 0.1) is 24.1 Å². The molecule has 0 bridgehead atoms. The van der Waals surface area contributed by atoms with Gasteiger partial charge in [0.2, 0.25) is 5.91 Å². The van der Waals surface area contributed by atoms with Gasteiger partial charge in [-0.3, -0.25) is 29.6 Å². The number of hydrogen-bond donors (Lipinski definition) is 1. The van der Waals surface area contributed by atoms with Crippen molar-refractivity contribution in [3.8, 4) is 11.1 Å². The van der Waals surface area contributed by atoms with Crippen LogP contribution < -0.4 is 16.4 Å². The van der Waals surface area contributed by atoms with Gasteiger partial charge in [0.15, 0.2) is 0 Å². The van der Waals surface area contributed by atoms with Gasteiger partial charge in [0.25, 0.3) is 11.1 Å². The third kappa shape index (κ3) is 7.83. The first-order valence-electron chi connectivity index (χ1n) is 17.9. The minimum absolute atomic E-state index is 0.106. The predicted octanol–water partition coefficient (Wildman–Crippen LogP) is 3.63. The van der Waals surface area contributed by atoms with Gasteiger partial charge in [-0.1, -0.05) is 6.07 Å². The van der Waals surface area contributed by atoms with Crippen molar-refractivity contribution in [1.82, 2.24) is 34.1 Å². The number of aromatic nitrogens is 3. The summed E-state index contributed by atoms with van der Waals surface area (Å²) in [5, 5.41) is 3.17. The maximum absolute atomic E-state index is 15.5. The lowest BCUT2D eigenvalue weighted by Gasteiger charge is -2.37. The van der Waals surface area contributed by atoms with Crippen LogP contribution in [0.1, 0.15) is 43.2 Å². The smallest absolute Gasteiger partial charge is 0.324 e. The Kier molecular flexibility index (Phi) is 10.6. The number of hydrogen-bond acceptors (Lipinski definition) is 8. The zero-order chi connectivity index (χ0) is 36.4. The van der Waals surface area contributed by atoms with Crippen LogP contribution in [0.5, 0.6) is 0 Å². The van der Waals surface area contributed by atoms with E-state index in [9.17, 15) is 19.2 Å². The third-order valence-corrected chi connectivity index (χ3v) is 10.5. The summed E-state index contributed by atoms with van der Waals surface area (Å²) in [5.74, 6) is -1.33. The number of ether oxygens (including phenoxy) is 1. The second kappa shape index (κ2) is 15.4. The highest BCUT2D eigenvalue weighted by molar-refractivity contribution is 5.96. The fraction of sp³-hybridized carbons (Fsp3) is 0.447. The number of pyridine rings is 3. The van der Waals surface area contributed by atoms with E-state index in [1.807, 2.05) is 6.07 Å². The number of fused-ring (bicyclic) bond motifs is 1. The van der Waals surface area contributed by atoms with E-state index < -0.39 is 17.7 Å². The topological polar surface area (TPSA) is 122 Å². The van der Waals surface area contributed by atoms with E-state index in [-0.39, 0.29) is 47.8 Å². The number of aryl methyl sites for hydroxylation is 1. The van der Waals surface area contributed by atoms with Gasteiger partial charge in [0.1, 0.15) is 11.6 Å². The minimum Gasteiger partial charge on any atom is -0.375 e. The minimum atomic E-state index is -0.540. The molecule has 12 nitrogen and oxygen atoms in total. The van der Waals surface area contributed by atoms with Crippen molar-refractivity contribution in [3.63, 3.8) is 0 Å². The zero-order valence-electron chi connectivity index (χ0n) is 29.2. The van der Waals surface area contributed by atoms with Crippen molar-refractivity contribution in [3.05, 3.63) is 98.6 Å². The molecule has 14 heteroatoms. The predicted molar refractivity (Wildman–Crippen MR) is 190 cm³/mol. The van der Waals surface area contributed by atoms with Gasteiger partial charge >= 0.3 is 6.03 Å². The summed E-state index contributed by atoms with van der Waals surface area (Å²) in [4.78, 5) is 59.2. The molecular formula is C38H43F2N7O5. The van der Waals surface area contributed by atoms with Crippen molar-refractivity contribution in [2.75, 3.05) is 39.3 Å². The fourth-order valence-corrected chi connectivity index (χ4v) is 7.51. The maximum Gasteiger partial charge on any atom is 0.324 e. The molecule has 3 aliphatic heterocycles. The van der Waals surface area contributed by atoms with Crippen LogP contribution in [0.3, 0.4) is 0 Å². The molecule has 1 N–H and O–H groups in total. The number of piperidine rings is 2. The van der Waals surface area contributed by atoms with Crippen LogP contribution in [-0.2, 0) is 36.2 Å². The number of nitrogens with one attached hydrogen (secondary N) is 1. The van der Waals surface area contributed by atoms with Crippen LogP contribution in [0.25, 0.3) is 21.9 Å². The van der Waals surface area contributed by atoms with Crippen LogP contribution in [0.4, 0.5) is 13.6 Å². The molecule has 3 aromatic heterocycles. The molecule has 0 radical (unpaired) electrons. The molecule has 52 heavy (non-hydrogen) atoms. The maximum atomic E-state index is 15.5. The highest BCUT2D eigenvalue weighted by Gasteiger charge is 2.27. The number of imide groups is 1. The van der Waals surface area contributed by atoms with E-state index in [0.29, 0.717) is 47.1 Å². The lowest BCUT2D eigenvalue weighted by molar-refractivity contribution is -0.121. The second-order valence-corrected chi connectivity index (χ2v) is 14.0. The van der Waals surface area contributed by atoms with Crippen molar-refractivity contribution < 1.29 is 23.1 Å². The molecule has 3 amide bonds. The summed E-state index contributed by atoms with van der Waals surface area (Å²) >= 11 is 0. The molecule has 3 aliphatic rings. The quantitative estimate of drug-likeness (QED) is 0.265. The van der Waals surface area contributed by atoms with E-state index in [1.165, 1.54) is 40.2 Å². The molecule has 0 saturated carbocycles. The van der Waals surface area contributed by atoms with E-state index in [0.717, 1.165) is 58.4 Å². The molecule has 4 aromatic rings. The Bertz CT molecular complexity index is 2090. The zero-order valence-corrected chi connectivity index (χ0v) is 29.2. The van der Waals surface area contributed by atoms with Crippen molar-refractivity contribution in [2.24, 2.45) is 7.05 Å². The van der Waals surface area contributed by atoms with Crippen molar-refractivity contribution in [2.45, 2.75) is 63.9 Å². The Labute approximate surface area is 299 Å². The van der Waals surface area contributed by atoms with Gasteiger partial charge in [-0.15, -0.1) is 0 Å². The average Bonchev–Trinajstić information content (AvgIpc) is 3.14. The lowest BCUT2D eigenvalue weighted by atomic mass is 9.99. The molecule has 0 aliphatic carbocycles. The summed E-state index contributed by atoms with van der Waals surface area (Å²) in [6.45, 7) is 5.20. The molecule has 0 unspecified atom stereocenters. The number of carbonyl (C=O) groups is 2. The van der Waals surface area contributed by atoms with Crippen LogP contribution in [0.2, 0.25) is 0 Å². The Balaban J connectivity index is 0.864. The number of urea groups is 1. The van der Waals surface area contributed by atoms with E-state index >= 15 is 8.78 Å². The van der Waals surface area contributed by atoms with Crippen LogP contribution in [-0.4, -0.2) is 92.2 Å². The second-order valence-electron chi connectivity index (χ2n) is 14.0. The number of halogens is 2. The molecule has 0 spiro atoms. The summed E-state index contributed by atoms with van der Waals surface area (Å²) < 4.78 is 40.5. The van der Waals surface area contributed by atoms with Crippen LogP contribution in [0, 0.1) is 11.6 Å². The highest BCUT2D eigenvalue weighted by atomic mass is 19.1. The Morgan fingerprint density at radius 3 is 2.27 bits per heavy atom. The van der Waals surface area contributed by atoms with Gasteiger partial charge in [-0.05, 0) is 55.3 Å². The molecule has 6 heterocycles. The van der Waals surface area contributed by atoms with Gasteiger partial charge in [0, 0.05) is 113 Å². The number of benzene rings is 1. The van der Waals surface area contributed by atoms with E-state index in [1.54, 1.807) is 29.9 Å². The number of amides is 3. The SMILES string of the molecule is Cn1cc(-c2cc(F)c(CN3CCC(OC4CCN(CCn5cccc(CN6CCC(=O)NC6=O)c5=O)CC4)CC3)cc2F)c2ccncc2c1=O. The number of carbonyl (C=O) groups excluding carboxylic acids is 2. The molecule has 0 atom stereocenters. The van der Waals surface area contributed by atoms with Gasteiger partial charge in [-0.2, -0.15) is 0 Å². The van der Waals surface area contributed by atoms with Gasteiger partial charge in [-0.25, -0.2) is 13.6 Å². The van der Waals surface area contributed by atoms with E-state index in [4.69, 9.17) is 4.74 Å². The van der Waals surface area contributed by atoms with Crippen molar-refractivity contribution >= 4 is 22.7 Å². The molecule has 3 saturated heterocycles. The summed E-state index contributed by atoms with van der Waals surface area (Å²) in [6, 6.07) is 7.21. The summed E-state index contributed by atoms with van der Waals surface area (Å²) in [7, 11) is 1.58. The first-order valence-corrected chi connectivity index (χ1v) is 17.9. The normalized spacial score (nSPS) is 18.3. The largest absolute Gasteiger partial charge is 0.375 e. The molecular weight excluding hydrogens is 672 g/mol. The Hall–Kier alpha value is -4.79. The van der Waals surface area contributed by atoms with Crippen LogP contribution in [0.15, 0.2) is 64.7 Å². The number of nitrogens with zero attached hydrogens (tertiary/aromatic N) is 6. The van der Waals surface area contributed by atoms with Crippen LogP contribution >= 0.6 is 0 Å². The first kappa shape index (κ1) is 35.6. The third-order valence-electron chi connectivity index (χ3n) is 10.5. The number of rotatable bonds is 10. The van der Waals surface area contributed by atoms with Crippen molar-refractivity contribution in [1.29, 1.82) is 0 Å². The summed E-state index contributed by atoms with van der Waals surface area (Å²) in [5.41, 5.74) is 0.980. The fourth-order valence-electron chi connectivity index (χ4n) is 7.51. The summed E-state index contributed by atoms with van der Waals surface area (Å²) in [6.07, 6.45) is 10.2. The highest BCUT2D eigenvalue weighted by Crippen LogP contribution is 2.31. The first-order chi connectivity index (χ1) is 25.1. The monoisotopic (exact) mass is 715 g/mol. The number of likely N-dealkylation sites (tertiary alicyclic amines) is 2. The molecule has 3 fully saturated rings. The lowest BCUT2D eigenvalue weighted by Crippen LogP contribution is -2.49. The van der Waals surface area contributed by atoms with Gasteiger partial charge < -0.3 is 23.7 Å². The molecule has 1 aromatic carbocycles. The Morgan fingerprint density at radius 1 is 0.808 bits per heavy atom. The average molecular weight is 716 g/mol. The Morgan fingerprint density at radius 2 is 1.54 bits per heavy atom. The van der Waals surface area contributed by atoms with E-state index in [2.05, 4.69) is 20.1 Å². The molecule has 7 rings (SSSR count).